The van der Waals surface area contributed by atoms with Gasteiger partial charge in [-0.25, -0.2) is 0 Å². The van der Waals surface area contributed by atoms with Crippen molar-refractivity contribution in [2.75, 3.05) is 0 Å². The van der Waals surface area contributed by atoms with Crippen LogP contribution in [0.25, 0.3) is 0 Å². The zero-order valence-corrected chi connectivity index (χ0v) is 18.9. The summed E-state index contributed by atoms with van der Waals surface area (Å²) >= 11 is 0. The number of carbonyl (C=O) groups excluding carboxylic acids is 2. The fourth-order valence-corrected chi connectivity index (χ4v) is 3.52. The highest BCUT2D eigenvalue weighted by molar-refractivity contribution is 5.82. The Balaban J connectivity index is 2.39. The van der Waals surface area contributed by atoms with Gasteiger partial charge in [0.05, 0.1) is 6.04 Å². The lowest BCUT2D eigenvalue weighted by Crippen LogP contribution is -2.39. The van der Waals surface area contributed by atoms with E-state index in [4.69, 9.17) is 0 Å². The molecule has 0 saturated heterocycles. The minimum Gasteiger partial charge on any atom is -0.347 e. The summed E-state index contributed by atoms with van der Waals surface area (Å²) in [5.41, 5.74) is 1.78. The Labute approximate surface area is 179 Å². The highest BCUT2D eigenvalue weighted by atomic mass is 16.2. The fraction of sp³-hybridized carbons (Fsp3) is 0.480. The molecule has 0 spiro atoms. The molecule has 162 valence electrons. The number of amides is 1. The Morgan fingerprint density at radius 2 is 1.77 bits per heavy atom. The zero-order chi connectivity index (χ0) is 22.5. The third-order valence-corrected chi connectivity index (χ3v) is 5.15. The van der Waals surface area contributed by atoms with Gasteiger partial charge >= 0.3 is 0 Å². The van der Waals surface area contributed by atoms with Gasteiger partial charge in [-0.2, -0.15) is 0 Å². The first-order valence-corrected chi connectivity index (χ1v) is 10.6. The number of nitrogens with one attached hydrogen (secondary N) is 1. The molecule has 1 heterocycles. The maximum absolute atomic E-state index is 13.3. The molecule has 5 heteroatoms. The second kappa shape index (κ2) is 9.88. The number of ketones is 1. The summed E-state index contributed by atoms with van der Waals surface area (Å²) < 4.78 is 1.48. The second-order valence-corrected chi connectivity index (χ2v) is 9.43. The third kappa shape index (κ3) is 6.41. The quantitative estimate of drug-likeness (QED) is 0.693. The first-order chi connectivity index (χ1) is 14.0. The lowest BCUT2D eigenvalue weighted by molar-refractivity contribution is -0.126. The van der Waals surface area contributed by atoms with E-state index in [1.807, 2.05) is 26.0 Å². The van der Waals surface area contributed by atoms with Crippen molar-refractivity contribution < 1.29 is 9.59 Å². The highest BCUT2D eigenvalue weighted by Crippen LogP contribution is 2.27. The van der Waals surface area contributed by atoms with Crippen LogP contribution in [-0.4, -0.2) is 16.3 Å². The summed E-state index contributed by atoms with van der Waals surface area (Å²) in [6.45, 7) is 12.0. The van der Waals surface area contributed by atoms with Gasteiger partial charge in [0.15, 0.2) is 0 Å². The van der Waals surface area contributed by atoms with E-state index in [1.54, 1.807) is 18.3 Å². The second-order valence-electron chi connectivity index (χ2n) is 9.43. The molecule has 0 aliphatic rings. The number of pyridine rings is 1. The molecule has 1 aromatic carbocycles. The first-order valence-electron chi connectivity index (χ1n) is 10.6. The summed E-state index contributed by atoms with van der Waals surface area (Å²) in [6.07, 6.45) is 2.39. The Morgan fingerprint density at radius 1 is 1.07 bits per heavy atom. The molecule has 1 amide bonds. The molecule has 2 aromatic rings. The van der Waals surface area contributed by atoms with Crippen molar-refractivity contribution in [3.63, 3.8) is 0 Å². The fourth-order valence-electron chi connectivity index (χ4n) is 3.52. The van der Waals surface area contributed by atoms with Gasteiger partial charge in [0.25, 0.3) is 5.56 Å². The third-order valence-electron chi connectivity index (χ3n) is 5.15. The Kier molecular flexibility index (Phi) is 7.77. The van der Waals surface area contributed by atoms with Crippen LogP contribution in [0.4, 0.5) is 0 Å². The van der Waals surface area contributed by atoms with E-state index in [0.717, 1.165) is 11.1 Å². The van der Waals surface area contributed by atoms with E-state index in [-0.39, 0.29) is 35.0 Å². The smallest absolute Gasteiger partial charge is 0.251 e. The summed E-state index contributed by atoms with van der Waals surface area (Å²) in [6, 6.07) is 11.8. The lowest BCUT2D eigenvalue weighted by Gasteiger charge is -2.26. The number of hydrogen-bond donors (Lipinski definition) is 1. The number of aromatic nitrogens is 1. The molecule has 0 aliphatic heterocycles. The van der Waals surface area contributed by atoms with Crippen LogP contribution in [0.5, 0.6) is 0 Å². The summed E-state index contributed by atoms with van der Waals surface area (Å²) in [7, 11) is 0. The molecular weight excluding hydrogens is 376 g/mol. The van der Waals surface area contributed by atoms with Crippen molar-refractivity contribution in [3.8, 4) is 0 Å². The predicted molar refractivity (Wildman–Crippen MR) is 121 cm³/mol. The van der Waals surface area contributed by atoms with Crippen LogP contribution in [0.2, 0.25) is 0 Å². The molecule has 2 rings (SSSR count). The molecule has 0 fully saturated rings. The van der Waals surface area contributed by atoms with Crippen LogP contribution in [0, 0.1) is 5.92 Å². The standard InChI is InChI=1S/C25H34N2O3/c1-17(2)14-22(27-13-8-7-12-23(27)29)24(30)26-21(15-18(3)28)19-10-9-11-20(16-19)25(4,5)6/h7-13,16-17,21-22H,14-15H2,1-6H3,(H,26,30)/t21-,22?/m0/s1. The van der Waals surface area contributed by atoms with Crippen LogP contribution in [-0.2, 0) is 15.0 Å². The average molecular weight is 411 g/mol. The van der Waals surface area contributed by atoms with Crippen molar-refractivity contribution >= 4 is 11.7 Å². The minimum absolute atomic E-state index is 0.00116. The van der Waals surface area contributed by atoms with Crippen LogP contribution >= 0.6 is 0 Å². The van der Waals surface area contributed by atoms with Crippen LogP contribution in [0.1, 0.15) is 77.6 Å². The van der Waals surface area contributed by atoms with Crippen LogP contribution in [0.3, 0.4) is 0 Å². The predicted octanol–water partition coefficient (Wildman–Crippen LogP) is 4.57. The molecule has 1 aromatic heterocycles. The van der Waals surface area contributed by atoms with Gasteiger partial charge in [-0.15, -0.1) is 0 Å². The molecule has 0 saturated carbocycles. The van der Waals surface area contributed by atoms with Gasteiger partial charge in [-0.05, 0) is 41.9 Å². The molecule has 30 heavy (non-hydrogen) atoms. The lowest BCUT2D eigenvalue weighted by atomic mass is 9.85. The topological polar surface area (TPSA) is 68.2 Å². The maximum atomic E-state index is 13.3. The van der Waals surface area contributed by atoms with Gasteiger partial charge in [0.1, 0.15) is 11.8 Å². The Bertz CT molecular complexity index is 938. The minimum atomic E-state index is -0.626. The first kappa shape index (κ1) is 23.6. The zero-order valence-electron chi connectivity index (χ0n) is 18.9. The molecule has 0 radical (unpaired) electrons. The molecular formula is C25H34N2O3. The molecule has 0 aliphatic carbocycles. The van der Waals surface area contributed by atoms with Crippen molar-refractivity contribution in [2.24, 2.45) is 5.92 Å². The van der Waals surface area contributed by atoms with Crippen molar-refractivity contribution in [2.45, 2.75) is 71.9 Å². The Morgan fingerprint density at radius 3 is 2.33 bits per heavy atom. The maximum Gasteiger partial charge on any atom is 0.251 e. The van der Waals surface area contributed by atoms with Gasteiger partial charge in [0, 0.05) is 18.7 Å². The summed E-state index contributed by atoms with van der Waals surface area (Å²) in [5, 5.41) is 3.05. The molecule has 1 N–H and O–H groups in total. The van der Waals surface area contributed by atoms with E-state index in [2.05, 4.69) is 38.2 Å². The van der Waals surface area contributed by atoms with Crippen LogP contribution < -0.4 is 10.9 Å². The number of hydrogen-bond acceptors (Lipinski definition) is 3. The normalized spacial score (nSPS) is 13.7. The average Bonchev–Trinajstić information content (AvgIpc) is 2.65. The number of carbonyl (C=O) groups is 2. The number of Topliss-reactive ketones (excluding diaryl/α,β-unsaturated/α-hetero) is 1. The van der Waals surface area contributed by atoms with Crippen molar-refractivity contribution in [1.82, 2.24) is 9.88 Å². The highest BCUT2D eigenvalue weighted by Gasteiger charge is 2.26. The van der Waals surface area contributed by atoms with Gasteiger partial charge in [0.2, 0.25) is 5.91 Å². The van der Waals surface area contributed by atoms with E-state index in [1.165, 1.54) is 17.6 Å². The molecule has 0 bridgehead atoms. The van der Waals surface area contributed by atoms with E-state index < -0.39 is 12.1 Å². The monoisotopic (exact) mass is 410 g/mol. The SMILES string of the molecule is CC(=O)C[C@H](NC(=O)C(CC(C)C)n1ccccc1=O)c1cccc(C(C)(C)C)c1. The van der Waals surface area contributed by atoms with Gasteiger partial charge < -0.3 is 9.88 Å². The number of benzene rings is 1. The molecule has 2 atom stereocenters. The number of nitrogens with zero attached hydrogens (tertiary/aromatic N) is 1. The van der Waals surface area contributed by atoms with Gasteiger partial charge in [-0.1, -0.05) is 65.0 Å². The van der Waals surface area contributed by atoms with Gasteiger partial charge in [-0.3, -0.25) is 14.4 Å². The molecule has 5 nitrogen and oxygen atoms in total. The largest absolute Gasteiger partial charge is 0.347 e. The summed E-state index contributed by atoms with van der Waals surface area (Å²) in [5.74, 6) is -0.0218. The summed E-state index contributed by atoms with van der Waals surface area (Å²) in [4.78, 5) is 37.6. The molecule has 1 unspecified atom stereocenters. The van der Waals surface area contributed by atoms with E-state index in [9.17, 15) is 14.4 Å². The van der Waals surface area contributed by atoms with Crippen molar-refractivity contribution in [1.29, 1.82) is 0 Å². The van der Waals surface area contributed by atoms with E-state index in [0.29, 0.717) is 6.42 Å². The van der Waals surface area contributed by atoms with Crippen molar-refractivity contribution in [3.05, 3.63) is 70.1 Å². The Hall–Kier alpha value is -2.69. The van der Waals surface area contributed by atoms with Crippen LogP contribution in [0.15, 0.2) is 53.5 Å². The van der Waals surface area contributed by atoms with E-state index >= 15 is 0 Å². The number of rotatable bonds is 8.